The van der Waals surface area contributed by atoms with Crippen LogP contribution in [0.15, 0.2) is 54.7 Å². The summed E-state index contributed by atoms with van der Waals surface area (Å²) in [5, 5.41) is 12.7. The summed E-state index contributed by atoms with van der Waals surface area (Å²) in [7, 11) is 0. The van der Waals surface area contributed by atoms with Crippen LogP contribution in [0, 0.1) is 0 Å². The van der Waals surface area contributed by atoms with Gasteiger partial charge in [-0.15, -0.1) is 0 Å². The molecule has 0 aliphatic carbocycles. The van der Waals surface area contributed by atoms with Gasteiger partial charge < -0.3 is 15.2 Å². The number of pyridine rings is 1. The molecule has 3 aromatic rings. The van der Waals surface area contributed by atoms with Crippen LogP contribution < -0.4 is 15.4 Å². The number of amides is 2. The molecule has 8 nitrogen and oxygen atoms in total. The number of Topliss-reactive ketones (excluding diaryl/α,β-unsaturated/α-hetero) is 1. The Bertz CT molecular complexity index is 1420. The Morgan fingerprint density at radius 1 is 0.950 bits per heavy atom. The molecule has 40 heavy (non-hydrogen) atoms. The number of hydrogen-bond donors (Lipinski definition) is 3. The van der Waals surface area contributed by atoms with Crippen molar-refractivity contribution in [2.45, 2.75) is 32.1 Å². The Hall–Kier alpha value is -4.62. The summed E-state index contributed by atoms with van der Waals surface area (Å²) in [6.07, 6.45) is -10.6. The van der Waals surface area contributed by atoms with E-state index in [1.807, 2.05) is 12.2 Å². The van der Waals surface area contributed by atoms with Gasteiger partial charge in [0.1, 0.15) is 5.75 Å². The summed E-state index contributed by atoms with van der Waals surface area (Å²) in [5.74, 6) is -3.12. The van der Waals surface area contributed by atoms with E-state index in [0.717, 1.165) is 11.3 Å². The van der Waals surface area contributed by atoms with E-state index in [9.17, 15) is 40.7 Å². The van der Waals surface area contributed by atoms with Gasteiger partial charge in [0.25, 0.3) is 0 Å². The number of nitrogens with zero attached hydrogens (tertiary/aromatic N) is 1. The molecule has 0 aliphatic rings. The van der Waals surface area contributed by atoms with Gasteiger partial charge >= 0.3 is 18.4 Å². The fraction of sp³-hybridized carbons (Fsp3) is 0.231. The monoisotopic (exact) mass is 569 g/mol. The lowest BCUT2D eigenvalue weighted by Gasteiger charge is -2.19. The number of halogens is 6. The smallest absolute Gasteiger partial charge is 0.422 e. The van der Waals surface area contributed by atoms with E-state index >= 15 is 0 Å². The lowest BCUT2D eigenvalue weighted by atomic mass is 9.98. The van der Waals surface area contributed by atoms with Crippen LogP contribution in [0.3, 0.4) is 0 Å². The molecule has 0 saturated heterocycles. The molecule has 2 aromatic carbocycles. The largest absolute Gasteiger partial charge is 0.483 e. The normalized spacial score (nSPS) is 11.6. The van der Waals surface area contributed by atoms with Crippen molar-refractivity contribution >= 4 is 29.2 Å². The van der Waals surface area contributed by atoms with Crippen molar-refractivity contribution in [2.24, 2.45) is 0 Å². The van der Waals surface area contributed by atoms with Gasteiger partial charge in [-0.25, -0.2) is 4.79 Å². The minimum Gasteiger partial charge on any atom is -0.483 e. The first kappa shape index (κ1) is 29.9. The molecule has 0 spiro atoms. The van der Waals surface area contributed by atoms with E-state index in [1.54, 1.807) is 35.8 Å². The van der Waals surface area contributed by atoms with Crippen LogP contribution >= 0.6 is 0 Å². The molecule has 0 bridgehead atoms. The molecule has 1 heterocycles. The van der Waals surface area contributed by atoms with Gasteiger partial charge in [0, 0.05) is 29.1 Å². The molecule has 0 unspecified atom stereocenters. The number of nitrogens with one attached hydrogen (secondary N) is 2. The van der Waals surface area contributed by atoms with Crippen LogP contribution in [0.2, 0.25) is 0 Å². The summed E-state index contributed by atoms with van der Waals surface area (Å²) in [4.78, 5) is 40.9. The second-order valence-electron chi connectivity index (χ2n) is 8.31. The topological polar surface area (TPSA) is 118 Å². The third kappa shape index (κ3) is 7.94. The van der Waals surface area contributed by atoms with E-state index in [4.69, 9.17) is 5.11 Å². The summed E-state index contributed by atoms with van der Waals surface area (Å²) in [6, 6.07) is 10.4. The van der Waals surface area contributed by atoms with Crippen molar-refractivity contribution in [3.63, 3.8) is 0 Å². The maximum Gasteiger partial charge on any atom is 0.422 e. The SMILES string of the molecule is CCc1ncccc1-c1cccc(C(=O)CC(=O)Nc2cc(C(F)(F)F)c(OCC(F)(F)F)cc2NC(=O)O)c1. The van der Waals surface area contributed by atoms with Crippen LogP contribution in [0.1, 0.15) is 35.0 Å². The van der Waals surface area contributed by atoms with Crippen molar-refractivity contribution in [3.05, 3.63) is 71.5 Å². The van der Waals surface area contributed by atoms with Gasteiger partial charge in [0.15, 0.2) is 12.4 Å². The lowest BCUT2D eigenvalue weighted by molar-refractivity contribution is -0.158. The molecule has 0 fully saturated rings. The second-order valence-corrected chi connectivity index (χ2v) is 8.31. The number of rotatable bonds is 9. The summed E-state index contributed by atoms with van der Waals surface area (Å²) in [6.45, 7) is -0.182. The Morgan fingerprint density at radius 2 is 1.65 bits per heavy atom. The number of carbonyl (C=O) groups excluding carboxylic acids is 2. The zero-order valence-corrected chi connectivity index (χ0v) is 20.6. The highest BCUT2D eigenvalue weighted by Gasteiger charge is 2.37. The quantitative estimate of drug-likeness (QED) is 0.152. The number of benzene rings is 2. The number of alkyl halides is 6. The average Bonchev–Trinajstić information content (AvgIpc) is 2.87. The van der Waals surface area contributed by atoms with Crippen molar-refractivity contribution in [1.29, 1.82) is 0 Å². The predicted octanol–water partition coefficient (Wildman–Crippen LogP) is 6.57. The minimum absolute atomic E-state index is 0.120. The maximum atomic E-state index is 13.6. The molecular weight excluding hydrogens is 548 g/mol. The number of hydrogen-bond acceptors (Lipinski definition) is 5. The molecule has 0 saturated carbocycles. The zero-order chi connectivity index (χ0) is 29.7. The number of anilines is 2. The minimum atomic E-state index is -5.23. The molecule has 0 atom stereocenters. The molecule has 0 aliphatic heterocycles. The third-order valence-electron chi connectivity index (χ3n) is 5.37. The first-order chi connectivity index (χ1) is 18.7. The van der Waals surface area contributed by atoms with E-state index in [0.29, 0.717) is 18.1 Å². The lowest BCUT2D eigenvalue weighted by Crippen LogP contribution is -2.22. The summed E-state index contributed by atoms with van der Waals surface area (Å²) < 4.78 is 82.6. The average molecular weight is 569 g/mol. The number of aryl methyl sites for hydroxylation is 1. The third-order valence-corrected chi connectivity index (χ3v) is 5.37. The maximum absolute atomic E-state index is 13.6. The standard InChI is InChI=1S/C26H21F6N3O5/c1-2-18-16(7-4-8-33-18)14-5-3-6-15(9-14)21(36)12-23(37)34-19-10-17(26(30,31)32)22(40-13-25(27,28)29)11-20(19)35-24(38)39/h3-11,35H,2,12-13H2,1H3,(H,34,37)(H,38,39). The molecule has 3 N–H and O–H groups in total. The Labute approximate surface area is 223 Å². The highest BCUT2D eigenvalue weighted by atomic mass is 19.4. The molecule has 212 valence electrons. The molecular formula is C26H21F6N3O5. The number of aromatic nitrogens is 1. The fourth-order valence-corrected chi connectivity index (χ4v) is 3.69. The highest BCUT2D eigenvalue weighted by Crippen LogP contribution is 2.42. The molecule has 2 amide bonds. The van der Waals surface area contributed by atoms with E-state index in [2.05, 4.69) is 9.72 Å². The molecule has 14 heteroatoms. The molecule has 3 rings (SSSR count). The highest BCUT2D eigenvalue weighted by molar-refractivity contribution is 6.12. The first-order valence-electron chi connectivity index (χ1n) is 11.5. The van der Waals surface area contributed by atoms with Crippen LogP contribution in [0.25, 0.3) is 11.1 Å². The Kier molecular flexibility index (Phi) is 9.02. The van der Waals surface area contributed by atoms with Crippen LogP contribution in [0.4, 0.5) is 42.5 Å². The van der Waals surface area contributed by atoms with Crippen molar-refractivity contribution in [1.82, 2.24) is 4.98 Å². The summed E-state index contributed by atoms with van der Waals surface area (Å²) in [5.41, 5.74) is -0.854. The second kappa shape index (κ2) is 12.1. The number of carboxylic acid groups (broad SMARTS) is 1. The fourth-order valence-electron chi connectivity index (χ4n) is 3.69. The van der Waals surface area contributed by atoms with Gasteiger partial charge in [-0.05, 0) is 30.2 Å². The first-order valence-corrected chi connectivity index (χ1v) is 11.5. The van der Waals surface area contributed by atoms with E-state index in [-0.39, 0.29) is 11.6 Å². The van der Waals surface area contributed by atoms with E-state index in [1.165, 1.54) is 12.1 Å². The van der Waals surface area contributed by atoms with Crippen LogP contribution in [0.5, 0.6) is 5.75 Å². The van der Waals surface area contributed by atoms with Gasteiger partial charge in [0.2, 0.25) is 5.91 Å². The molecule has 0 radical (unpaired) electrons. The van der Waals surface area contributed by atoms with Gasteiger partial charge in [0.05, 0.1) is 23.4 Å². The molecule has 1 aromatic heterocycles. The van der Waals surface area contributed by atoms with Gasteiger partial charge in [-0.3, -0.25) is 19.9 Å². The van der Waals surface area contributed by atoms with Crippen LogP contribution in [-0.2, 0) is 17.4 Å². The summed E-state index contributed by atoms with van der Waals surface area (Å²) >= 11 is 0. The van der Waals surface area contributed by atoms with Crippen molar-refractivity contribution in [3.8, 4) is 16.9 Å². The Balaban J connectivity index is 1.88. The van der Waals surface area contributed by atoms with Gasteiger partial charge in [-0.2, -0.15) is 26.3 Å². The van der Waals surface area contributed by atoms with Crippen LogP contribution in [-0.4, -0.2) is 40.7 Å². The number of carbonyl (C=O) groups is 3. The Morgan fingerprint density at radius 3 is 2.27 bits per heavy atom. The van der Waals surface area contributed by atoms with Crippen molar-refractivity contribution in [2.75, 3.05) is 17.2 Å². The van der Waals surface area contributed by atoms with Gasteiger partial charge in [-0.1, -0.05) is 31.2 Å². The number of ketones is 1. The number of ether oxygens (including phenoxy) is 1. The predicted molar refractivity (Wildman–Crippen MR) is 131 cm³/mol. The van der Waals surface area contributed by atoms with E-state index < -0.39 is 65.9 Å². The zero-order valence-electron chi connectivity index (χ0n) is 20.6. The van der Waals surface area contributed by atoms with Crippen molar-refractivity contribution < 1.29 is 50.6 Å².